The smallest absolute Gasteiger partial charge is 0.355 e. The monoisotopic (exact) mass is 492 g/mol. The van der Waals surface area contributed by atoms with E-state index in [1.54, 1.807) is 0 Å². The van der Waals surface area contributed by atoms with E-state index in [0.29, 0.717) is 11.3 Å². The first-order chi connectivity index (χ1) is 14.2. The van der Waals surface area contributed by atoms with Crippen molar-refractivity contribution in [2.24, 2.45) is 0 Å². The zero-order chi connectivity index (χ0) is 21.9. The van der Waals surface area contributed by atoms with E-state index in [9.17, 15) is 14.4 Å². The number of hydrogen-bond donors (Lipinski definition) is 1. The van der Waals surface area contributed by atoms with Crippen LogP contribution in [0.4, 0.5) is 0 Å². The number of alkyl halides is 3. The molecule has 1 aromatic carbocycles. The minimum absolute atomic E-state index is 0.0772. The second kappa shape index (κ2) is 9.78. The molecule has 2 aliphatic heterocycles. The van der Waals surface area contributed by atoms with Gasteiger partial charge in [0.2, 0.25) is 9.70 Å². The SMILES string of the molecule is COCC1=C(C(=O)OCC(Cl)(Cl)Cl)N2C(=O)[C@@H](NC(=O)Cc3ccccc3)[C@@H]2SC1. The third kappa shape index (κ3) is 5.42. The molecular formula is C19H19Cl3N2O5S. The zero-order valence-electron chi connectivity index (χ0n) is 15.9. The van der Waals surface area contributed by atoms with Gasteiger partial charge in [-0.05, 0) is 11.1 Å². The van der Waals surface area contributed by atoms with Crippen LogP contribution in [-0.4, -0.2) is 64.0 Å². The van der Waals surface area contributed by atoms with Crippen LogP contribution < -0.4 is 5.32 Å². The van der Waals surface area contributed by atoms with E-state index >= 15 is 0 Å². The number of fused-ring (bicyclic) bond motifs is 1. The number of benzene rings is 1. The number of rotatable bonds is 7. The number of carbonyl (C=O) groups excluding carboxylic acids is 3. The molecule has 1 N–H and O–H groups in total. The first-order valence-corrected chi connectivity index (χ1v) is 11.1. The summed E-state index contributed by atoms with van der Waals surface area (Å²) in [6, 6.07) is 8.48. The summed E-state index contributed by atoms with van der Waals surface area (Å²) >= 11 is 18.4. The minimum atomic E-state index is -1.77. The first kappa shape index (κ1) is 23.2. The molecule has 0 bridgehead atoms. The van der Waals surface area contributed by atoms with Gasteiger partial charge in [-0.25, -0.2) is 4.79 Å². The average molecular weight is 494 g/mol. The van der Waals surface area contributed by atoms with Crippen molar-refractivity contribution in [1.82, 2.24) is 10.2 Å². The summed E-state index contributed by atoms with van der Waals surface area (Å²) in [5.74, 6) is -1.01. The van der Waals surface area contributed by atoms with Crippen molar-refractivity contribution >= 4 is 64.3 Å². The zero-order valence-corrected chi connectivity index (χ0v) is 19.0. The van der Waals surface area contributed by atoms with Gasteiger partial charge < -0.3 is 14.8 Å². The Morgan fingerprint density at radius 2 is 1.97 bits per heavy atom. The molecule has 0 spiro atoms. The van der Waals surface area contributed by atoms with E-state index < -0.39 is 33.7 Å². The van der Waals surface area contributed by atoms with Crippen molar-refractivity contribution in [2.75, 3.05) is 26.1 Å². The van der Waals surface area contributed by atoms with Crippen LogP contribution in [0.2, 0.25) is 0 Å². The number of amides is 2. The summed E-state index contributed by atoms with van der Waals surface area (Å²) in [7, 11) is 1.48. The molecule has 2 atom stereocenters. The Balaban J connectivity index is 1.70. The van der Waals surface area contributed by atoms with Crippen molar-refractivity contribution in [3.63, 3.8) is 0 Å². The Labute approximate surface area is 193 Å². The largest absolute Gasteiger partial charge is 0.456 e. The lowest BCUT2D eigenvalue weighted by atomic mass is 10.0. The molecule has 0 saturated carbocycles. The minimum Gasteiger partial charge on any atom is -0.456 e. The fourth-order valence-electron chi connectivity index (χ4n) is 3.18. The van der Waals surface area contributed by atoms with E-state index in [1.807, 2.05) is 30.3 Å². The number of esters is 1. The number of thioether (sulfide) groups is 1. The van der Waals surface area contributed by atoms with Gasteiger partial charge in [0.05, 0.1) is 13.0 Å². The molecule has 0 aliphatic carbocycles. The number of carbonyl (C=O) groups is 3. The number of hydrogen-bond acceptors (Lipinski definition) is 6. The third-order valence-corrected chi connectivity index (χ3v) is 6.12. The highest BCUT2D eigenvalue weighted by atomic mass is 35.6. The molecule has 1 fully saturated rings. The van der Waals surface area contributed by atoms with Crippen molar-refractivity contribution in [2.45, 2.75) is 21.6 Å². The van der Waals surface area contributed by atoms with Crippen LogP contribution in [0.25, 0.3) is 0 Å². The van der Waals surface area contributed by atoms with Gasteiger partial charge in [-0.2, -0.15) is 0 Å². The molecule has 1 aromatic rings. The molecule has 162 valence electrons. The van der Waals surface area contributed by atoms with Crippen molar-refractivity contribution < 1.29 is 23.9 Å². The molecule has 2 amide bonds. The molecule has 30 heavy (non-hydrogen) atoms. The van der Waals surface area contributed by atoms with Gasteiger partial charge in [-0.3, -0.25) is 14.5 Å². The summed E-state index contributed by atoms with van der Waals surface area (Å²) in [4.78, 5) is 39.1. The summed E-state index contributed by atoms with van der Waals surface area (Å²) in [5.41, 5.74) is 1.51. The molecule has 7 nitrogen and oxygen atoms in total. The highest BCUT2D eigenvalue weighted by molar-refractivity contribution is 8.00. The van der Waals surface area contributed by atoms with Crippen LogP contribution in [0.1, 0.15) is 5.56 Å². The fraction of sp³-hybridized carbons (Fsp3) is 0.421. The summed E-state index contributed by atoms with van der Waals surface area (Å²) < 4.78 is 8.45. The second-order valence-electron chi connectivity index (χ2n) is 6.69. The van der Waals surface area contributed by atoms with Gasteiger partial charge in [0.25, 0.3) is 5.91 Å². The first-order valence-electron chi connectivity index (χ1n) is 8.94. The van der Waals surface area contributed by atoms with Crippen molar-refractivity contribution in [1.29, 1.82) is 0 Å². The summed E-state index contributed by atoms with van der Waals surface area (Å²) in [6.45, 7) is -0.315. The van der Waals surface area contributed by atoms with Crippen LogP contribution in [0, 0.1) is 0 Å². The topological polar surface area (TPSA) is 84.9 Å². The van der Waals surface area contributed by atoms with Crippen LogP contribution in [0.5, 0.6) is 0 Å². The van der Waals surface area contributed by atoms with Gasteiger partial charge in [0.15, 0.2) is 0 Å². The van der Waals surface area contributed by atoms with Gasteiger partial charge in [-0.15, -0.1) is 11.8 Å². The molecule has 2 aliphatic rings. The number of ether oxygens (including phenoxy) is 2. The van der Waals surface area contributed by atoms with Crippen molar-refractivity contribution in [3.05, 3.63) is 47.2 Å². The third-order valence-electron chi connectivity index (χ3n) is 4.45. The molecule has 3 rings (SSSR count). The highest BCUT2D eigenvalue weighted by Gasteiger charge is 2.54. The van der Waals surface area contributed by atoms with Crippen LogP contribution in [-0.2, 0) is 30.3 Å². The van der Waals surface area contributed by atoms with Crippen LogP contribution >= 0.6 is 46.6 Å². The van der Waals surface area contributed by atoms with E-state index in [2.05, 4.69) is 5.32 Å². The van der Waals surface area contributed by atoms with Crippen LogP contribution in [0.15, 0.2) is 41.6 Å². The molecule has 2 heterocycles. The lowest BCUT2D eigenvalue weighted by molar-refractivity contribution is -0.152. The maximum Gasteiger partial charge on any atom is 0.355 e. The molecular weight excluding hydrogens is 475 g/mol. The Hall–Kier alpha value is -1.45. The van der Waals surface area contributed by atoms with E-state index in [4.69, 9.17) is 44.3 Å². The van der Waals surface area contributed by atoms with Gasteiger partial charge >= 0.3 is 5.97 Å². The fourth-order valence-corrected chi connectivity index (χ4v) is 4.67. The number of methoxy groups -OCH3 is 1. The molecule has 1 saturated heterocycles. The molecule has 11 heteroatoms. The van der Waals surface area contributed by atoms with E-state index in [-0.39, 0.29) is 24.6 Å². The Bertz CT molecular complexity index is 859. The van der Waals surface area contributed by atoms with E-state index in [1.165, 1.54) is 23.8 Å². The average Bonchev–Trinajstić information content (AvgIpc) is 2.70. The number of nitrogens with one attached hydrogen (secondary N) is 1. The maximum atomic E-state index is 12.8. The Kier molecular flexibility index (Phi) is 7.57. The lowest BCUT2D eigenvalue weighted by Gasteiger charge is -2.49. The molecule has 0 unspecified atom stereocenters. The molecule has 0 aromatic heterocycles. The number of β-lactam (4-membered cyclic amide) rings is 1. The standard InChI is InChI=1S/C19H19Cl3N2O5S/c1-28-8-12-9-30-17-14(23-13(25)7-11-5-3-2-4-6-11)16(26)24(17)15(12)18(27)29-10-19(20,21)22/h2-6,14,17H,7-10H2,1H3,(H,23,25)/t14-,17+/m1/s1. The Morgan fingerprint density at radius 3 is 2.60 bits per heavy atom. The van der Waals surface area contributed by atoms with E-state index in [0.717, 1.165) is 5.56 Å². The van der Waals surface area contributed by atoms with Crippen LogP contribution in [0.3, 0.4) is 0 Å². The number of nitrogens with zero attached hydrogens (tertiary/aromatic N) is 1. The number of halogens is 3. The van der Waals surface area contributed by atoms with Gasteiger partial charge in [0.1, 0.15) is 23.7 Å². The van der Waals surface area contributed by atoms with Gasteiger partial charge in [-0.1, -0.05) is 65.1 Å². The summed E-state index contributed by atoms with van der Waals surface area (Å²) in [6.07, 6.45) is 0.158. The quantitative estimate of drug-likeness (QED) is 0.357. The Morgan fingerprint density at radius 1 is 1.27 bits per heavy atom. The highest BCUT2D eigenvalue weighted by Crippen LogP contribution is 2.41. The summed E-state index contributed by atoms with van der Waals surface area (Å²) in [5, 5.41) is 2.33. The second-order valence-corrected chi connectivity index (χ2v) is 10.3. The maximum absolute atomic E-state index is 12.8. The van der Waals surface area contributed by atoms with Gasteiger partial charge in [0, 0.05) is 12.9 Å². The molecule has 0 radical (unpaired) electrons. The predicted octanol–water partition coefficient (Wildman–Crippen LogP) is 2.44. The normalized spacial score (nSPS) is 21.1. The lowest BCUT2D eigenvalue weighted by Crippen LogP contribution is -2.70. The van der Waals surface area contributed by atoms with Crippen molar-refractivity contribution in [3.8, 4) is 0 Å². The predicted molar refractivity (Wildman–Crippen MR) is 115 cm³/mol.